The minimum absolute atomic E-state index is 0.0914. The molecule has 1 aromatic carbocycles. The lowest BCUT2D eigenvalue weighted by molar-refractivity contribution is -0.274. The number of esters is 1. The van der Waals surface area contributed by atoms with Gasteiger partial charge < -0.3 is 9.47 Å². The lowest BCUT2D eigenvalue weighted by atomic mass is 10.1. The molecule has 0 saturated heterocycles. The van der Waals surface area contributed by atoms with Gasteiger partial charge in [0.05, 0.1) is 12.2 Å². The van der Waals surface area contributed by atoms with Gasteiger partial charge in [-0.3, -0.25) is 0 Å². The van der Waals surface area contributed by atoms with E-state index in [1.165, 1.54) is 6.92 Å². The largest absolute Gasteiger partial charge is 0.573 e. The third-order valence-electron chi connectivity index (χ3n) is 1.99. The van der Waals surface area contributed by atoms with E-state index in [1.54, 1.807) is 0 Å². The molecule has 0 bridgehead atoms. The summed E-state index contributed by atoms with van der Waals surface area (Å²) in [6, 6.07) is 1.97. The molecule has 3 nitrogen and oxygen atoms in total. The Kier molecular flexibility index (Phi) is 4.68. The van der Waals surface area contributed by atoms with Crippen molar-refractivity contribution in [2.45, 2.75) is 19.7 Å². The number of hydrogen-bond acceptors (Lipinski definition) is 3. The Morgan fingerprint density at radius 3 is 2.42 bits per heavy atom. The number of rotatable bonds is 4. The summed E-state index contributed by atoms with van der Waals surface area (Å²) in [4.78, 5) is 11.4. The summed E-state index contributed by atoms with van der Waals surface area (Å²) in [6.45, 7) is 1.35. The number of halogens is 5. The van der Waals surface area contributed by atoms with E-state index in [0.717, 1.165) is 0 Å². The molecule has 0 amide bonds. The first-order valence-electron chi connectivity index (χ1n) is 5.09. The van der Waals surface area contributed by atoms with E-state index in [9.17, 15) is 26.7 Å². The molecule has 0 unspecified atom stereocenters. The summed E-state index contributed by atoms with van der Waals surface area (Å²) < 4.78 is 69.3. The first-order chi connectivity index (χ1) is 8.74. The third kappa shape index (κ3) is 4.38. The van der Waals surface area contributed by atoms with Gasteiger partial charge in [0.15, 0.2) is 0 Å². The fourth-order valence-electron chi connectivity index (χ4n) is 1.31. The van der Waals surface area contributed by atoms with Crippen molar-refractivity contribution in [1.82, 2.24) is 0 Å². The molecule has 0 aliphatic rings. The van der Waals surface area contributed by atoms with Crippen molar-refractivity contribution in [3.63, 3.8) is 0 Å². The molecule has 106 valence electrons. The lowest BCUT2D eigenvalue weighted by Gasteiger charge is -2.12. The van der Waals surface area contributed by atoms with Crippen LogP contribution in [0.25, 0.3) is 0 Å². The highest BCUT2D eigenvalue weighted by Gasteiger charge is 2.32. The molecule has 0 saturated carbocycles. The molecule has 0 fully saturated rings. The van der Waals surface area contributed by atoms with E-state index in [2.05, 4.69) is 9.47 Å². The summed E-state index contributed by atoms with van der Waals surface area (Å²) in [5.74, 6) is -1.90. The molecule has 0 heterocycles. The molecule has 19 heavy (non-hydrogen) atoms. The maximum atomic E-state index is 12.6. The predicted octanol–water partition coefficient (Wildman–Crippen LogP) is 3.70. The number of hydrogen-bond donors (Lipinski definition) is 0. The van der Waals surface area contributed by atoms with Crippen LogP contribution in [0.4, 0.5) is 22.0 Å². The quantitative estimate of drug-likeness (QED) is 0.624. The van der Waals surface area contributed by atoms with Crippen LogP contribution in [0.15, 0.2) is 18.2 Å². The van der Waals surface area contributed by atoms with Gasteiger partial charge in [-0.1, -0.05) is 0 Å². The monoisotopic (exact) mass is 284 g/mol. The highest BCUT2D eigenvalue weighted by atomic mass is 19.4. The number of ether oxygens (including phenoxy) is 2. The molecular weight excluding hydrogens is 275 g/mol. The molecule has 0 aliphatic heterocycles. The normalized spacial score (nSPS) is 11.5. The van der Waals surface area contributed by atoms with Crippen LogP contribution in [0.1, 0.15) is 29.3 Å². The Balaban J connectivity index is 3.15. The van der Waals surface area contributed by atoms with Crippen LogP contribution in [0.3, 0.4) is 0 Å². The Bertz CT molecular complexity index is 456. The smallest absolute Gasteiger partial charge is 0.462 e. The molecule has 1 aromatic rings. The first kappa shape index (κ1) is 15.2. The topological polar surface area (TPSA) is 35.5 Å². The van der Waals surface area contributed by atoms with Gasteiger partial charge in [0, 0.05) is 5.56 Å². The standard InChI is InChI=1S/C11H9F5O3/c1-2-18-10(17)8-5-6(19-11(14,15)16)3-4-7(8)9(12)13/h3-5,9H,2H2,1H3. The highest BCUT2D eigenvalue weighted by molar-refractivity contribution is 5.91. The minimum Gasteiger partial charge on any atom is -0.462 e. The maximum absolute atomic E-state index is 12.6. The molecule has 1 rings (SSSR count). The van der Waals surface area contributed by atoms with Gasteiger partial charge >= 0.3 is 12.3 Å². The van der Waals surface area contributed by atoms with Crippen LogP contribution >= 0.6 is 0 Å². The van der Waals surface area contributed by atoms with Crippen molar-refractivity contribution in [1.29, 1.82) is 0 Å². The van der Waals surface area contributed by atoms with E-state index >= 15 is 0 Å². The average Bonchev–Trinajstić information content (AvgIpc) is 2.26. The molecule has 0 atom stereocenters. The van der Waals surface area contributed by atoms with Crippen molar-refractivity contribution in [2.24, 2.45) is 0 Å². The van der Waals surface area contributed by atoms with Gasteiger partial charge in [0.1, 0.15) is 5.75 Å². The summed E-state index contributed by atoms with van der Waals surface area (Å²) in [7, 11) is 0. The number of benzene rings is 1. The molecule has 0 aromatic heterocycles. The Hall–Kier alpha value is -1.86. The Morgan fingerprint density at radius 2 is 1.95 bits per heavy atom. The van der Waals surface area contributed by atoms with Gasteiger partial charge in [0.2, 0.25) is 0 Å². The van der Waals surface area contributed by atoms with Crippen LogP contribution in [0, 0.1) is 0 Å². The molecule has 0 N–H and O–H groups in total. The Morgan fingerprint density at radius 1 is 1.32 bits per heavy atom. The van der Waals surface area contributed by atoms with Crippen molar-refractivity contribution < 1.29 is 36.2 Å². The van der Waals surface area contributed by atoms with E-state index < -0.39 is 35.6 Å². The zero-order valence-electron chi connectivity index (χ0n) is 9.63. The second-order valence-corrected chi connectivity index (χ2v) is 3.32. The van der Waals surface area contributed by atoms with Crippen molar-refractivity contribution in [2.75, 3.05) is 6.61 Å². The van der Waals surface area contributed by atoms with Gasteiger partial charge in [-0.15, -0.1) is 13.2 Å². The van der Waals surface area contributed by atoms with Crippen LogP contribution < -0.4 is 4.74 Å². The summed E-state index contributed by atoms with van der Waals surface area (Å²) in [5, 5.41) is 0. The lowest BCUT2D eigenvalue weighted by Crippen LogP contribution is -2.18. The molecule has 0 spiro atoms. The zero-order valence-corrected chi connectivity index (χ0v) is 9.63. The van der Waals surface area contributed by atoms with E-state index in [-0.39, 0.29) is 6.61 Å². The number of alkyl halides is 5. The molecular formula is C11H9F5O3. The van der Waals surface area contributed by atoms with Crippen LogP contribution in [0.5, 0.6) is 5.75 Å². The molecule has 8 heteroatoms. The maximum Gasteiger partial charge on any atom is 0.573 e. The van der Waals surface area contributed by atoms with Gasteiger partial charge in [0.25, 0.3) is 6.43 Å². The summed E-state index contributed by atoms with van der Waals surface area (Å²) >= 11 is 0. The number of carbonyl (C=O) groups excluding carboxylic acids is 1. The van der Waals surface area contributed by atoms with E-state index in [0.29, 0.717) is 18.2 Å². The Labute approximate surface area is 104 Å². The van der Waals surface area contributed by atoms with E-state index in [1.807, 2.05) is 0 Å². The minimum atomic E-state index is -4.97. The van der Waals surface area contributed by atoms with Gasteiger partial charge in [-0.2, -0.15) is 0 Å². The average molecular weight is 284 g/mol. The highest BCUT2D eigenvalue weighted by Crippen LogP contribution is 2.30. The summed E-state index contributed by atoms with van der Waals surface area (Å²) in [5.41, 5.74) is -1.37. The van der Waals surface area contributed by atoms with Crippen LogP contribution in [0.2, 0.25) is 0 Å². The summed E-state index contributed by atoms with van der Waals surface area (Å²) in [6.07, 6.45) is -7.99. The second-order valence-electron chi connectivity index (χ2n) is 3.32. The van der Waals surface area contributed by atoms with Crippen LogP contribution in [-0.2, 0) is 4.74 Å². The third-order valence-corrected chi connectivity index (χ3v) is 1.99. The molecule has 0 radical (unpaired) electrons. The predicted molar refractivity (Wildman–Crippen MR) is 54.0 cm³/mol. The van der Waals surface area contributed by atoms with Crippen molar-refractivity contribution >= 4 is 5.97 Å². The van der Waals surface area contributed by atoms with Crippen molar-refractivity contribution in [3.8, 4) is 5.75 Å². The fourth-order valence-corrected chi connectivity index (χ4v) is 1.31. The first-order valence-corrected chi connectivity index (χ1v) is 5.09. The second kappa shape index (κ2) is 5.85. The van der Waals surface area contributed by atoms with Crippen LogP contribution in [-0.4, -0.2) is 18.9 Å². The zero-order chi connectivity index (χ0) is 14.6. The number of carbonyl (C=O) groups is 1. The van der Waals surface area contributed by atoms with E-state index in [4.69, 9.17) is 0 Å². The molecule has 0 aliphatic carbocycles. The fraction of sp³-hybridized carbons (Fsp3) is 0.364. The SMILES string of the molecule is CCOC(=O)c1cc(OC(F)(F)F)ccc1C(F)F. The van der Waals surface area contributed by atoms with Gasteiger partial charge in [-0.05, 0) is 25.1 Å². The van der Waals surface area contributed by atoms with Gasteiger partial charge in [-0.25, -0.2) is 13.6 Å². The van der Waals surface area contributed by atoms with Crippen molar-refractivity contribution in [3.05, 3.63) is 29.3 Å².